The van der Waals surface area contributed by atoms with Gasteiger partial charge < -0.3 is 9.47 Å². The number of hydrogen-bond acceptors (Lipinski definition) is 4. The summed E-state index contributed by atoms with van der Waals surface area (Å²) >= 11 is 0. The summed E-state index contributed by atoms with van der Waals surface area (Å²) in [6.07, 6.45) is 1.58. The van der Waals surface area contributed by atoms with Crippen LogP contribution in [-0.4, -0.2) is 19.2 Å². The molecule has 5 heteroatoms. The Labute approximate surface area is 151 Å². The van der Waals surface area contributed by atoms with Crippen LogP contribution in [0.15, 0.2) is 84.0 Å². The van der Waals surface area contributed by atoms with Crippen LogP contribution >= 0.6 is 0 Å². The number of carbonyl (C=O) groups excluding carboxylic acids is 1. The Bertz CT molecular complexity index is 873. The third-order valence-electron chi connectivity index (χ3n) is 3.59. The quantitative estimate of drug-likeness (QED) is 0.536. The maximum absolute atomic E-state index is 12.0. The summed E-state index contributed by atoms with van der Waals surface area (Å²) in [5.74, 6) is 1.92. The second-order valence-corrected chi connectivity index (χ2v) is 5.41. The lowest BCUT2D eigenvalue weighted by atomic mass is 10.2. The van der Waals surface area contributed by atoms with Gasteiger partial charge in [0.05, 0.1) is 13.3 Å². The molecule has 0 atom stereocenters. The van der Waals surface area contributed by atoms with Gasteiger partial charge in [-0.2, -0.15) is 5.10 Å². The number of rotatable bonds is 6. The van der Waals surface area contributed by atoms with E-state index in [1.54, 1.807) is 37.6 Å². The second-order valence-electron chi connectivity index (χ2n) is 5.41. The van der Waals surface area contributed by atoms with Crippen LogP contribution in [0.25, 0.3) is 0 Å². The molecular formula is C21H18N2O3. The Balaban J connectivity index is 1.55. The fraction of sp³-hybridized carbons (Fsp3) is 0.0476. The van der Waals surface area contributed by atoms with Crippen LogP contribution in [0.5, 0.6) is 17.2 Å². The van der Waals surface area contributed by atoms with Gasteiger partial charge in [0, 0.05) is 5.56 Å². The largest absolute Gasteiger partial charge is 0.497 e. The molecule has 0 aromatic heterocycles. The minimum Gasteiger partial charge on any atom is -0.497 e. The number of nitrogens with one attached hydrogen (secondary N) is 1. The molecule has 5 nitrogen and oxygen atoms in total. The zero-order valence-corrected chi connectivity index (χ0v) is 14.3. The van der Waals surface area contributed by atoms with Gasteiger partial charge in [-0.15, -0.1) is 0 Å². The van der Waals surface area contributed by atoms with E-state index in [0.717, 1.165) is 17.1 Å². The van der Waals surface area contributed by atoms with E-state index in [1.807, 2.05) is 54.6 Å². The number of hydrogen-bond donors (Lipinski definition) is 1. The van der Waals surface area contributed by atoms with Crippen LogP contribution in [0, 0.1) is 0 Å². The first-order chi connectivity index (χ1) is 12.7. The van der Waals surface area contributed by atoms with Crippen molar-refractivity contribution in [3.63, 3.8) is 0 Å². The number of hydrazone groups is 1. The highest BCUT2D eigenvalue weighted by atomic mass is 16.5. The molecule has 3 rings (SSSR count). The first kappa shape index (κ1) is 17.2. The zero-order valence-electron chi connectivity index (χ0n) is 14.3. The van der Waals surface area contributed by atoms with Gasteiger partial charge in [0.25, 0.3) is 5.91 Å². The Morgan fingerprint density at radius 3 is 2.12 bits per heavy atom. The summed E-state index contributed by atoms with van der Waals surface area (Å²) in [5.41, 5.74) is 3.85. The molecule has 0 aliphatic rings. The summed E-state index contributed by atoms with van der Waals surface area (Å²) in [6, 6.07) is 23.8. The van der Waals surface area contributed by atoms with Gasteiger partial charge in [-0.05, 0) is 66.2 Å². The molecule has 0 spiro atoms. The normalized spacial score (nSPS) is 10.5. The standard InChI is InChI=1S/C21H18N2O3/c1-25-18-13-9-17(10-14-18)21(24)23-22-15-16-7-11-20(12-8-16)26-19-5-3-2-4-6-19/h2-15H,1H3,(H,23,24)/b22-15-. The fourth-order valence-electron chi connectivity index (χ4n) is 2.22. The molecule has 0 bridgehead atoms. The van der Waals surface area contributed by atoms with E-state index in [-0.39, 0.29) is 5.91 Å². The summed E-state index contributed by atoms with van der Waals surface area (Å²) < 4.78 is 10.8. The topological polar surface area (TPSA) is 59.9 Å². The van der Waals surface area contributed by atoms with Crippen LogP contribution in [0.1, 0.15) is 15.9 Å². The number of para-hydroxylation sites is 1. The van der Waals surface area contributed by atoms with Crippen molar-refractivity contribution in [2.75, 3.05) is 7.11 Å². The summed E-state index contributed by atoms with van der Waals surface area (Å²) in [7, 11) is 1.58. The van der Waals surface area contributed by atoms with Crippen LogP contribution in [0.4, 0.5) is 0 Å². The maximum Gasteiger partial charge on any atom is 0.271 e. The molecule has 0 aliphatic heterocycles. The van der Waals surface area contributed by atoms with Crippen LogP contribution in [0.2, 0.25) is 0 Å². The fourth-order valence-corrected chi connectivity index (χ4v) is 2.22. The van der Waals surface area contributed by atoms with Gasteiger partial charge in [0.15, 0.2) is 0 Å². The minimum atomic E-state index is -0.284. The molecule has 3 aromatic carbocycles. The van der Waals surface area contributed by atoms with E-state index in [1.165, 1.54) is 0 Å². The van der Waals surface area contributed by atoms with Gasteiger partial charge in [-0.25, -0.2) is 5.43 Å². The third kappa shape index (κ3) is 4.70. The molecule has 0 unspecified atom stereocenters. The molecule has 0 saturated carbocycles. The molecule has 130 valence electrons. The zero-order chi connectivity index (χ0) is 18.2. The van der Waals surface area contributed by atoms with Crippen molar-refractivity contribution in [3.8, 4) is 17.2 Å². The van der Waals surface area contributed by atoms with Crippen molar-refractivity contribution in [1.82, 2.24) is 5.43 Å². The predicted molar refractivity (Wildman–Crippen MR) is 101 cm³/mol. The number of ether oxygens (including phenoxy) is 2. The molecule has 0 saturated heterocycles. The van der Waals surface area contributed by atoms with E-state index in [0.29, 0.717) is 11.3 Å². The molecule has 0 heterocycles. The third-order valence-corrected chi connectivity index (χ3v) is 3.59. The highest BCUT2D eigenvalue weighted by Crippen LogP contribution is 2.20. The highest BCUT2D eigenvalue weighted by Gasteiger charge is 2.03. The van der Waals surface area contributed by atoms with Crippen molar-refractivity contribution in [3.05, 3.63) is 90.0 Å². The van der Waals surface area contributed by atoms with Crippen molar-refractivity contribution in [1.29, 1.82) is 0 Å². The Hall–Kier alpha value is -3.60. The molecule has 1 amide bonds. The van der Waals surface area contributed by atoms with E-state index in [4.69, 9.17) is 9.47 Å². The summed E-state index contributed by atoms with van der Waals surface area (Å²) in [5, 5.41) is 3.98. The molecular weight excluding hydrogens is 328 g/mol. The monoisotopic (exact) mass is 346 g/mol. The van der Waals surface area contributed by atoms with Gasteiger partial charge >= 0.3 is 0 Å². The average Bonchev–Trinajstić information content (AvgIpc) is 2.70. The second kappa shape index (κ2) is 8.48. The highest BCUT2D eigenvalue weighted by molar-refractivity contribution is 5.95. The summed E-state index contributed by atoms with van der Waals surface area (Å²) in [4.78, 5) is 12.0. The van der Waals surface area contributed by atoms with Crippen molar-refractivity contribution in [2.24, 2.45) is 5.10 Å². The molecule has 0 radical (unpaired) electrons. The molecule has 0 fully saturated rings. The number of nitrogens with zero attached hydrogens (tertiary/aromatic N) is 1. The van der Waals surface area contributed by atoms with E-state index < -0.39 is 0 Å². The molecule has 1 N–H and O–H groups in total. The number of amides is 1. The number of methoxy groups -OCH3 is 1. The Morgan fingerprint density at radius 2 is 1.46 bits per heavy atom. The summed E-state index contributed by atoms with van der Waals surface area (Å²) in [6.45, 7) is 0. The maximum atomic E-state index is 12.0. The lowest BCUT2D eigenvalue weighted by Crippen LogP contribution is -2.17. The average molecular weight is 346 g/mol. The van der Waals surface area contributed by atoms with Crippen LogP contribution in [-0.2, 0) is 0 Å². The smallest absolute Gasteiger partial charge is 0.271 e. The first-order valence-electron chi connectivity index (χ1n) is 8.05. The van der Waals surface area contributed by atoms with Crippen molar-refractivity contribution in [2.45, 2.75) is 0 Å². The Kier molecular flexibility index (Phi) is 5.62. The first-order valence-corrected chi connectivity index (χ1v) is 8.05. The van der Waals surface area contributed by atoms with Gasteiger partial charge in [-0.1, -0.05) is 18.2 Å². The molecule has 0 aliphatic carbocycles. The SMILES string of the molecule is COc1ccc(C(=O)N/N=C\c2ccc(Oc3ccccc3)cc2)cc1. The van der Waals surface area contributed by atoms with E-state index in [9.17, 15) is 4.79 Å². The molecule has 3 aromatic rings. The van der Waals surface area contributed by atoms with Crippen LogP contribution in [0.3, 0.4) is 0 Å². The molecule has 26 heavy (non-hydrogen) atoms. The van der Waals surface area contributed by atoms with Crippen LogP contribution < -0.4 is 14.9 Å². The lowest BCUT2D eigenvalue weighted by molar-refractivity contribution is 0.0955. The van der Waals surface area contributed by atoms with Gasteiger partial charge in [0.1, 0.15) is 17.2 Å². The van der Waals surface area contributed by atoms with Crippen molar-refractivity contribution >= 4 is 12.1 Å². The van der Waals surface area contributed by atoms with E-state index >= 15 is 0 Å². The minimum absolute atomic E-state index is 0.284. The lowest BCUT2D eigenvalue weighted by Gasteiger charge is -2.05. The predicted octanol–water partition coefficient (Wildman–Crippen LogP) is 4.25. The van der Waals surface area contributed by atoms with Crippen molar-refractivity contribution < 1.29 is 14.3 Å². The number of benzene rings is 3. The Morgan fingerprint density at radius 1 is 0.846 bits per heavy atom. The van der Waals surface area contributed by atoms with E-state index in [2.05, 4.69) is 10.5 Å². The van der Waals surface area contributed by atoms with Gasteiger partial charge in [-0.3, -0.25) is 4.79 Å². The number of carbonyl (C=O) groups is 1. The van der Waals surface area contributed by atoms with Gasteiger partial charge in [0.2, 0.25) is 0 Å².